The predicted molar refractivity (Wildman–Crippen MR) is 91.7 cm³/mol. The van der Waals surface area contributed by atoms with Gasteiger partial charge in [0.25, 0.3) is 0 Å². The minimum Gasteiger partial charge on any atom is -0.373 e. The molecule has 0 aliphatic carbocycles. The molecule has 0 aromatic heterocycles. The van der Waals surface area contributed by atoms with Gasteiger partial charge in [-0.05, 0) is 32.6 Å². The van der Waals surface area contributed by atoms with Gasteiger partial charge in [-0.15, -0.1) is 0 Å². The predicted octanol–water partition coefficient (Wildman–Crippen LogP) is 3.29. The first-order valence-corrected chi connectivity index (χ1v) is 10.3. The van der Waals surface area contributed by atoms with Crippen molar-refractivity contribution in [3.05, 3.63) is 12.2 Å². The highest BCUT2D eigenvalue weighted by molar-refractivity contribution is 6.60. The maximum Gasteiger partial charge on any atom is 0.501 e. The molecule has 0 rings (SSSR count). The Kier molecular flexibility index (Phi) is 12.4. The zero-order valence-electron chi connectivity index (χ0n) is 14.7. The standard InChI is InChI=1S/C16H33NO4Si/c1-6-11-19-22(20-12-7-2,21-13-8-3)14-9-10-17-16(18)15(4)5/h4,6-14H2,1-3,5H3,(H,17,18). The Bertz CT molecular complexity index is 301. The highest BCUT2D eigenvalue weighted by atomic mass is 28.4. The van der Waals surface area contributed by atoms with Crippen molar-refractivity contribution in [2.24, 2.45) is 0 Å². The Morgan fingerprint density at radius 1 is 1.00 bits per heavy atom. The summed E-state index contributed by atoms with van der Waals surface area (Å²) in [5.74, 6) is -0.106. The van der Waals surface area contributed by atoms with Crippen LogP contribution in [0.4, 0.5) is 0 Å². The lowest BCUT2D eigenvalue weighted by atomic mass is 10.3. The SMILES string of the molecule is C=C(C)C(=O)NCCC[Si](OCCC)(OCCC)OCCC. The summed E-state index contributed by atoms with van der Waals surface area (Å²) in [6.07, 6.45) is 3.59. The number of amides is 1. The van der Waals surface area contributed by atoms with Crippen LogP contribution in [-0.4, -0.2) is 41.1 Å². The van der Waals surface area contributed by atoms with E-state index >= 15 is 0 Å². The summed E-state index contributed by atoms with van der Waals surface area (Å²) in [5.41, 5.74) is 0.523. The molecule has 130 valence electrons. The maximum atomic E-state index is 11.5. The van der Waals surface area contributed by atoms with Gasteiger partial charge in [0.2, 0.25) is 5.91 Å². The Morgan fingerprint density at radius 3 is 1.82 bits per heavy atom. The van der Waals surface area contributed by atoms with Crippen molar-refractivity contribution in [1.82, 2.24) is 5.32 Å². The average molecular weight is 332 g/mol. The molecule has 0 aromatic carbocycles. The minimum atomic E-state index is -2.63. The molecular weight excluding hydrogens is 298 g/mol. The van der Waals surface area contributed by atoms with E-state index in [0.717, 1.165) is 31.7 Å². The topological polar surface area (TPSA) is 56.8 Å². The first-order valence-electron chi connectivity index (χ1n) is 8.36. The van der Waals surface area contributed by atoms with Gasteiger partial charge in [0.1, 0.15) is 0 Å². The van der Waals surface area contributed by atoms with Crippen LogP contribution in [0.25, 0.3) is 0 Å². The highest BCUT2D eigenvalue weighted by Crippen LogP contribution is 2.19. The number of rotatable bonds is 14. The molecular formula is C16H33NO4Si. The van der Waals surface area contributed by atoms with Crippen molar-refractivity contribution in [1.29, 1.82) is 0 Å². The van der Waals surface area contributed by atoms with Crippen LogP contribution in [-0.2, 0) is 18.1 Å². The van der Waals surface area contributed by atoms with Gasteiger partial charge < -0.3 is 18.6 Å². The van der Waals surface area contributed by atoms with E-state index in [1.807, 2.05) is 0 Å². The Balaban J connectivity index is 4.50. The Hall–Kier alpha value is -0.693. The molecule has 0 saturated carbocycles. The molecule has 0 atom stereocenters. The third-order valence-electron chi connectivity index (χ3n) is 2.91. The lowest BCUT2D eigenvalue weighted by Gasteiger charge is -2.29. The number of hydrogen-bond acceptors (Lipinski definition) is 4. The van der Waals surface area contributed by atoms with Crippen molar-refractivity contribution >= 4 is 14.7 Å². The van der Waals surface area contributed by atoms with E-state index in [1.165, 1.54) is 0 Å². The molecule has 5 nitrogen and oxygen atoms in total. The van der Waals surface area contributed by atoms with E-state index < -0.39 is 8.80 Å². The number of hydrogen-bond donors (Lipinski definition) is 1. The number of carbonyl (C=O) groups is 1. The van der Waals surface area contributed by atoms with Gasteiger partial charge in [-0.25, -0.2) is 0 Å². The molecule has 0 aliphatic rings. The molecule has 0 heterocycles. The first kappa shape index (κ1) is 21.3. The van der Waals surface area contributed by atoms with E-state index in [0.29, 0.717) is 31.9 Å². The van der Waals surface area contributed by atoms with Gasteiger partial charge in [0.15, 0.2) is 0 Å². The van der Waals surface area contributed by atoms with Crippen LogP contribution in [0.3, 0.4) is 0 Å². The molecule has 0 saturated heterocycles. The van der Waals surface area contributed by atoms with Crippen molar-refractivity contribution < 1.29 is 18.1 Å². The fourth-order valence-electron chi connectivity index (χ4n) is 1.77. The zero-order valence-corrected chi connectivity index (χ0v) is 15.7. The van der Waals surface area contributed by atoms with Crippen LogP contribution in [0, 0.1) is 0 Å². The van der Waals surface area contributed by atoms with Crippen LogP contribution in [0.15, 0.2) is 12.2 Å². The summed E-state index contributed by atoms with van der Waals surface area (Å²) in [5, 5.41) is 2.84. The fraction of sp³-hybridized carbons (Fsp3) is 0.812. The first-order chi connectivity index (χ1) is 10.5. The summed E-state index contributed by atoms with van der Waals surface area (Å²) in [6, 6.07) is 0.726. The average Bonchev–Trinajstić information content (AvgIpc) is 2.52. The van der Waals surface area contributed by atoms with Gasteiger partial charge in [-0.3, -0.25) is 4.79 Å². The molecule has 0 bridgehead atoms. The summed E-state index contributed by atoms with van der Waals surface area (Å²) in [4.78, 5) is 11.5. The molecule has 0 radical (unpaired) electrons. The molecule has 0 spiro atoms. The minimum absolute atomic E-state index is 0.106. The van der Waals surface area contributed by atoms with Gasteiger partial charge in [0.05, 0.1) is 0 Å². The maximum absolute atomic E-state index is 11.5. The van der Waals surface area contributed by atoms with Crippen molar-refractivity contribution in [3.8, 4) is 0 Å². The van der Waals surface area contributed by atoms with Gasteiger partial charge in [-0.2, -0.15) is 0 Å². The van der Waals surface area contributed by atoms with Crippen LogP contribution >= 0.6 is 0 Å². The summed E-state index contributed by atoms with van der Waals surface area (Å²) < 4.78 is 18.0. The van der Waals surface area contributed by atoms with Crippen molar-refractivity contribution in [2.75, 3.05) is 26.4 Å². The van der Waals surface area contributed by atoms with Crippen LogP contribution in [0.1, 0.15) is 53.4 Å². The molecule has 0 fully saturated rings. The highest BCUT2D eigenvalue weighted by Gasteiger charge is 2.40. The Morgan fingerprint density at radius 2 is 1.45 bits per heavy atom. The second-order valence-electron chi connectivity index (χ2n) is 5.37. The monoisotopic (exact) mass is 331 g/mol. The van der Waals surface area contributed by atoms with Gasteiger partial charge in [-0.1, -0.05) is 27.4 Å². The second kappa shape index (κ2) is 12.8. The van der Waals surface area contributed by atoms with Gasteiger partial charge in [0, 0.05) is 38.0 Å². The molecule has 0 unspecified atom stereocenters. The van der Waals surface area contributed by atoms with Crippen molar-refractivity contribution in [2.45, 2.75) is 59.4 Å². The lowest BCUT2D eigenvalue weighted by Crippen LogP contribution is -2.47. The van der Waals surface area contributed by atoms with Crippen LogP contribution < -0.4 is 5.32 Å². The molecule has 6 heteroatoms. The molecule has 1 amide bonds. The number of carbonyl (C=O) groups excluding carboxylic acids is 1. The van der Waals surface area contributed by atoms with E-state index in [1.54, 1.807) is 6.92 Å². The Labute approximate surface area is 136 Å². The van der Waals surface area contributed by atoms with E-state index in [-0.39, 0.29) is 5.91 Å². The van der Waals surface area contributed by atoms with E-state index in [9.17, 15) is 4.79 Å². The quantitative estimate of drug-likeness (QED) is 0.301. The molecule has 0 aliphatic heterocycles. The van der Waals surface area contributed by atoms with E-state index in [4.69, 9.17) is 13.3 Å². The number of nitrogens with one attached hydrogen (secondary N) is 1. The molecule has 0 aromatic rings. The van der Waals surface area contributed by atoms with Crippen molar-refractivity contribution in [3.63, 3.8) is 0 Å². The third-order valence-corrected chi connectivity index (χ3v) is 5.81. The third kappa shape index (κ3) is 9.35. The second-order valence-corrected chi connectivity index (χ2v) is 8.10. The molecule has 1 N–H and O–H groups in total. The summed E-state index contributed by atoms with van der Waals surface area (Å²) in [6.45, 7) is 14.1. The fourth-order valence-corrected chi connectivity index (χ4v) is 4.61. The summed E-state index contributed by atoms with van der Waals surface area (Å²) in [7, 11) is -2.63. The lowest BCUT2D eigenvalue weighted by molar-refractivity contribution is -0.117. The smallest absolute Gasteiger partial charge is 0.373 e. The molecule has 22 heavy (non-hydrogen) atoms. The van der Waals surface area contributed by atoms with E-state index in [2.05, 4.69) is 32.7 Å². The van der Waals surface area contributed by atoms with Crippen LogP contribution in [0.5, 0.6) is 0 Å². The largest absolute Gasteiger partial charge is 0.501 e. The normalized spacial score (nSPS) is 11.5. The van der Waals surface area contributed by atoms with Crippen LogP contribution in [0.2, 0.25) is 6.04 Å². The van der Waals surface area contributed by atoms with Gasteiger partial charge >= 0.3 is 8.80 Å². The summed E-state index contributed by atoms with van der Waals surface area (Å²) >= 11 is 0. The zero-order chi connectivity index (χ0) is 16.8.